The fraction of sp³-hybridized carbons (Fsp3) is 0.448. The number of aliphatic hydroxyl groups is 1. The van der Waals surface area contributed by atoms with Crippen LogP contribution in [-0.4, -0.2) is 64.1 Å². The Bertz CT molecular complexity index is 1140. The van der Waals surface area contributed by atoms with E-state index >= 15 is 0 Å². The number of Topliss-reactive ketones (excluding diaryl/α,β-unsaturated/α-hetero) is 1. The molecule has 2 aromatic carbocycles. The second-order valence-corrected chi connectivity index (χ2v) is 10.9. The lowest BCUT2D eigenvalue weighted by Gasteiger charge is -2.35. The number of nitrogens with zero attached hydrogens (tertiary/aromatic N) is 1. The van der Waals surface area contributed by atoms with Crippen molar-refractivity contribution in [2.45, 2.75) is 70.9 Å². The van der Waals surface area contributed by atoms with Crippen LogP contribution in [0.15, 0.2) is 60.7 Å². The van der Waals surface area contributed by atoms with Gasteiger partial charge in [-0.3, -0.25) is 19.8 Å². The number of carbonyl (C=O) groups is 4. The van der Waals surface area contributed by atoms with Crippen LogP contribution in [0.25, 0.3) is 0 Å². The second-order valence-electron chi connectivity index (χ2n) is 10.9. The van der Waals surface area contributed by atoms with Gasteiger partial charge in [0.1, 0.15) is 5.60 Å². The Balaban J connectivity index is 2.40. The molecule has 2 rings (SSSR count). The molecule has 7 N–H and O–H groups in total. The third kappa shape index (κ3) is 10.1. The number of benzene rings is 2. The highest BCUT2D eigenvalue weighted by atomic mass is 16.6. The molecule has 0 aliphatic heterocycles. The number of hydrazine groups is 1. The standard InChI is InChI=1S/C29H41N5O6/c1-18(2)34(33-28(39)40-29(3,4)5)17-22(35)24(25(31)19-12-8-6-9-13-19)26(37)21(16-23(30)36)32-27(38)20-14-10-7-11-15-20/h6-15,18,21-22,24-25,35H,16-17,31H2,1-5H3,(H2,30,36)(H,32,38)(H,33,39)/t21-,22?,24?,25?/m0/s1. The van der Waals surface area contributed by atoms with Crippen molar-refractivity contribution < 1.29 is 29.0 Å². The normalized spacial score (nSPS) is 14.6. The molecule has 218 valence electrons. The third-order valence-electron chi connectivity index (χ3n) is 6.05. The number of carbonyl (C=O) groups excluding carboxylic acids is 4. The molecule has 0 saturated heterocycles. The van der Waals surface area contributed by atoms with E-state index < -0.39 is 59.8 Å². The van der Waals surface area contributed by atoms with Crippen molar-refractivity contribution in [3.8, 4) is 0 Å². The maximum absolute atomic E-state index is 14.0. The van der Waals surface area contributed by atoms with E-state index in [2.05, 4.69) is 10.7 Å². The minimum absolute atomic E-state index is 0.205. The van der Waals surface area contributed by atoms with Crippen molar-refractivity contribution in [1.29, 1.82) is 0 Å². The Morgan fingerprint density at radius 2 is 1.52 bits per heavy atom. The topological polar surface area (TPSA) is 177 Å². The number of hydrogen-bond donors (Lipinski definition) is 5. The summed E-state index contributed by atoms with van der Waals surface area (Å²) in [6.45, 7) is 8.53. The molecule has 0 aromatic heterocycles. The molecule has 0 bridgehead atoms. The van der Waals surface area contributed by atoms with Crippen LogP contribution in [0.3, 0.4) is 0 Å². The van der Waals surface area contributed by atoms with Gasteiger partial charge in [0.2, 0.25) is 5.91 Å². The van der Waals surface area contributed by atoms with Crippen LogP contribution in [-0.2, 0) is 14.3 Å². The zero-order chi connectivity index (χ0) is 30.0. The summed E-state index contributed by atoms with van der Waals surface area (Å²) in [7, 11) is 0. The SMILES string of the molecule is CC(C)N(CC(O)C(C(=O)[C@H](CC(N)=O)NC(=O)c1ccccc1)C(N)c1ccccc1)NC(=O)OC(C)(C)C. The quantitative estimate of drug-likeness (QED) is 0.233. The van der Waals surface area contributed by atoms with E-state index in [1.807, 2.05) is 0 Å². The smallest absolute Gasteiger partial charge is 0.422 e. The van der Waals surface area contributed by atoms with E-state index in [1.165, 1.54) is 5.01 Å². The number of hydrogen-bond acceptors (Lipinski definition) is 8. The van der Waals surface area contributed by atoms with Crippen LogP contribution in [0.5, 0.6) is 0 Å². The lowest BCUT2D eigenvalue weighted by molar-refractivity contribution is -0.132. The van der Waals surface area contributed by atoms with Crippen LogP contribution in [0, 0.1) is 5.92 Å². The fourth-order valence-electron chi connectivity index (χ4n) is 4.09. The Hall–Kier alpha value is -3.80. The van der Waals surface area contributed by atoms with Crippen molar-refractivity contribution >= 4 is 23.7 Å². The maximum Gasteiger partial charge on any atom is 0.422 e. The van der Waals surface area contributed by atoms with Crippen molar-refractivity contribution in [2.75, 3.05) is 6.54 Å². The van der Waals surface area contributed by atoms with Crippen molar-refractivity contribution in [1.82, 2.24) is 15.8 Å². The van der Waals surface area contributed by atoms with Crippen LogP contribution < -0.4 is 22.2 Å². The van der Waals surface area contributed by atoms with Crippen LogP contribution in [0.4, 0.5) is 4.79 Å². The second kappa shape index (κ2) is 14.5. The first-order valence-electron chi connectivity index (χ1n) is 13.1. The molecule has 11 nitrogen and oxygen atoms in total. The van der Waals surface area contributed by atoms with Crippen molar-refractivity contribution in [3.05, 3.63) is 71.8 Å². The molecule has 0 saturated carbocycles. The number of ether oxygens (including phenoxy) is 1. The van der Waals surface area contributed by atoms with Crippen molar-refractivity contribution in [2.24, 2.45) is 17.4 Å². The molecule has 3 amide bonds. The summed E-state index contributed by atoms with van der Waals surface area (Å²) in [5.74, 6) is -3.36. The van der Waals surface area contributed by atoms with E-state index in [9.17, 15) is 24.3 Å². The molecular weight excluding hydrogens is 514 g/mol. The first kappa shape index (κ1) is 32.4. The average molecular weight is 556 g/mol. The largest absolute Gasteiger partial charge is 0.443 e. The van der Waals surface area contributed by atoms with Gasteiger partial charge in [-0.1, -0.05) is 48.5 Å². The van der Waals surface area contributed by atoms with Crippen LogP contribution in [0.1, 0.15) is 63.0 Å². The minimum Gasteiger partial charge on any atom is -0.443 e. The molecule has 0 aliphatic rings. The zero-order valence-corrected chi connectivity index (χ0v) is 23.7. The number of ketones is 1. The molecule has 0 spiro atoms. The number of nitrogens with one attached hydrogen (secondary N) is 2. The Morgan fingerprint density at radius 1 is 0.975 bits per heavy atom. The van der Waals surface area contributed by atoms with Gasteiger partial charge in [-0.2, -0.15) is 0 Å². The molecule has 4 atom stereocenters. The van der Waals surface area contributed by atoms with Gasteiger partial charge in [-0.05, 0) is 52.3 Å². The molecule has 3 unspecified atom stereocenters. The van der Waals surface area contributed by atoms with Gasteiger partial charge >= 0.3 is 6.09 Å². The van der Waals surface area contributed by atoms with E-state index in [0.717, 1.165) is 0 Å². The van der Waals surface area contributed by atoms with Gasteiger partial charge in [0.25, 0.3) is 5.91 Å². The predicted octanol–water partition coefficient (Wildman–Crippen LogP) is 2.06. The molecule has 2 aromatic rings. The fourth-order valence-corrected chi connectivity index (χ4v) is 4.09. The highest BCUT2D eigenvalue weighted by Gasteiger charge is 2.40. The van der Waals surface area contributed by atoms with Crippen molar-refractivity contribution in [3.63, 3.8) is 0 Å². The number of nitrogens with two attached hydrogens (primary N) is 2. The van der Waals surface area contributed by atoms with E-state index in [-0.39, 0.29) is 18.2 Å². The summed E-state index contributed by atoms with van der Waals surface area (Å²) in [5, 5.41) is 15.5. The summed E-state index contributed by atoms with van der Waals surface area (Å²) in [6, 6.07) is 14.2. The lowest BCUT2D eigenvalue weighted by atomic mass is 9.82. The summed E-state index contributed by atoms with van der Waals surface area (Å²) < 4.78 is 5.33. The van der Waals surface area contributed by atoms with E-state index in [4.69, 9.17) is 16.2 Å². The van der Waals surface area contributed by atoms with Gasteiger partial charge in [0.15, 0.2) is 5.78 Å². The minimum atomic E-state index is -1.43. The summed E-state index contributed by atoms with van der Waals surface area (Å²) in [5.41, 5.74) is 14.7. The molecule has 0 aliphatic carbocycles. The summed E-state index contributed by atoms with van der Waals surface area (Å²) in [4.78, 5) is 51.2. The molecular formula is C29H41N5O6. The van der Waals surface area contributed by atoms with Crippen LogP contribution in [0.2, 0.25) is 0 Å². The summed E-state index contributed by atoms with van der Waals surface area (Å²) in [6.07, 6.45) is -2.65. The van der Waals surface area contributed by atoms with Gasteiger partial charge in [-0.15, -0.1) is 0 Å². The Labute approximate surface area is 235 Å². The molecule has 0 radical (unpaired) electrons. The molecule has 40 heavy (non-hydrogen) atoms. The highest BCUT2D eigenvalue weighted by molar-refractivity contribution is 6.00. The van der Waals surface area contributed by atoms with Gasteiger partial charge in [-0.25, -0.2) is 9.80 Å². The lowest BCUT2D eigenvalue weighted by Crippen LogP contribution is -2.56. The molecule has 0 fully saturated rings. The first-order valence-corrected chi connectivity index (χ1v) is 13.1. The van der Waals surface area contributed by atoms with Gasteiger partial charge < -0.3 is 26.6 Å². The molecule has 0 heterocycles. The van der Waals surface area contributed by atoms with Crippen LogP contribution >= 0.6 is 0 Å². The number of amides is 3. The monoisotopic (exact) mass is 555 g/mol. The number of primary amides is 1. The highest BCUT2D eigenvalue weighted by Crippen LogP contribution is 2.26. The van der Waals surface area contributed by atoms with Gasteiger partial charge in [0.05, 0.1) is 24.5 Å². The van der Waals surface area contributed by atoms with Gasteiger partial charge in [0, 0.05) is 24.2 Å². The third-order valence-corrected chi connectivity index (χ3v) is 6.05. The summed E-state index contributed by atoms with van der Waals surface area (Å²) >= 11 is 0. The predicted molar refractivity (Wildman–Crippen MR) is 151 cm³/mol. The molecule has 11 heteroatoms. The maximum atomic E-state index is 14.0. The average Bonchev–Trinajstić information content (AvgIpc) is 2.87. The Morgan fingerprint density at radius 3 is 2.02 bits per heavy atom. The van der Waals surface area contributed by atoms with E-state index in [0.29, 0.717) is 5.56 Å². The Kier molecular flexibility index (Phi) is 11.8. The number of rotatable bonds is 13. The first-order chi connectivity index (χ1) is 18.7. The van der Waals surface area contributed by atoms with E-state index in [1.54, 1.807) is 95.3 Å². The number of aliphatic hydroxyl groups excluding tert-OH is 1. The zero-order valence-electron chi connectivity index (χ0n) is 23.7.